The van der Waals surface area contributed by atoms with Crippen LogP contribution < -0.4 is 10.1 Å². The molecule has 0 fully saturated rings. The van der Waals surface area contributed by atoms with E-state index >= 15 is 0 Å². The van der Waals surface area contributed by atoms with Crippen LogP contribution in [0, 0.1) is 5.82 Å². The quantitative estimate of drug-likeness (QED) is 0.776. The number of halogens is 1. The molecule has 2 N–H and O–H groups in total. The Balaban J connectivity index is 2.13. The van der Waals surface area contributed by atoms with Gasteiger partial charge in [0.25, 0.3) is 0 Å². The predicted octanol–water partition coefficient (Wildman–Crippen LogP) is 1.48. The molecule has 0 aliphatic rings. The third kappa shape index (κ3) is 6.20. The number of amides is 1. The van der Waals surface area contributed by atoms with Crippen molar-refractivity contribution in [2.75, 3.05) is 13.2 Å². The molecule has 1 aromatic carbocycles. The van der Waals surface area contributed by atoms with E-state index in [2.05, 4.69) is 5.32 Å². The van der Waals surface area contributed by atoms with Gasteiger partial charge in [-0.1, -0.05) is 0 Å². The minimum Gasteiger partial charge on any atom is -0.493 e. The minimum atomic E-state index is -0.416. The lowest BCUT2D eigenvalue weighted by Gasteiger charge is -2.08. The molecular weight excluding hydrogens is 237 g/mol. The Morgan fingerprint density at radius 3 is 2.72 bits per heavy atom. The number of aliphatic hydroxyl groups is 1. The minimum absolute atomic E-state index is 0.127. The van der Waals surface area contributed by atoms with Crippen molar-refractivity contribution in [3.05, 3.63) is 30.1 Å². The van der Waals surface area contributed by atoms with Gasteiger partial charge in [0.1, 0.15) is 11.6 Å². The highest BCUT2D eigenvalue weighted by Crippen LogP contribution is 2.10. The fourth-order valence-electron chi connectivity index (χ4n) is 1.30. The Morgan fingerprint density at radius 1 is 1.44 bits per heavy atom. The summed E-state index contributed by atoms with van der Waals surface area (Å²) in [6, 6.07) is 5.64. The number of carbonyl (C=O) groups excluding carboxylic acids is 1. The molecule has 1 amide bonds. The van der Waals surface area contributed by atoms with E-state index in [1.54, 1.807) is 6.92 Å². The highest BCUT2D eigenvalue weighted by molar-refractivity contribution is 5.75. The van der Waals surface area contributed by atoms with Crippen molar-refractivity contribution in [1.82, 2.24) is 5.32 Å². The van der Waals surface area contributed by atoms with Crippen molar-refractivity contribution in [1.29, 1.82) is 0 Å². The van der Waals surface area contributed by atoms with Crippen LogP contribution in [0.3, 0.4) is 0 Å². The first-order valence-electron chi connectivity index (χ1n) is 5.91. The van der Waals surface area contributed by atoms with E-state index < -0.39 is 6.10 Å². The van der Waals surface area contributed by atoms with Crippen LogP contribution in [-0.4, -0.2) is 30.3 Å². The Hall–Kier alpha value is -1.62. The predicted molar refractivity (Wildman–Crippen MR) is 65.8 cm³/mol. The van der Waals surface area contributed by atoms with Gasteiger partial charge >= 0.3 is 0 Å². The van der Waals surface area contributed by atoms with Gasteiger partial charge in [-0.2, -0.15) is 0 Å². The number of ether oxygens (including phenoxy) is 1. The molecule has 0 heterocycles. The van der Waals surface area contributed by atoms with Gasteiger partial charge in [0.05, 0.1) is 19.1 Å². The summed E-state index contributed by atoms with van der Waals surface area (Å²) >= 11 is 0. The molecule has 1 aromatic rings. The maximum atomic E-state index is 12.6. The second kappa shape index (κ2) is 7.66. The van der Waals surface area contributed by atoms with Crippen molar-refractivity contribution in [3.8, 4) is 5.75 Å². The zero-order chi connectivity index (χ0) is 13.4. The molecule has 0 saturated heterocycles. The van der Waals surface area contributed by atoms with Crippen LogP contribution in [0.5, 0.6) is 5.75 Å². The third-order valence-electron chi connectivity index (χ3n) is 2.30. The Labute approximate surface area is 106 Å². The molecule has 0 aromatic heterocycles. The van der Waals surface area contributed by atoms with E-state index in [0.717, 1.165) is 0 Å². The van der Waals surface area contributed by atoms with Crippen LogP contribution in [0.4, 0.5) is 4.39 Å². The number of rotatable bonds is 7. The number of nitrogens with one attached hydrogen (secondary N) is 1. The molecule has 100 valence electrons. The molecular formula is C13H18FNO3. The Kier molecular flexibility index (Phi) is 6.14. The third-order valence-corrected chi connectivity index (χ3v) is 2.30. The van der Waals surface area contributed by atoms with E-state index in [1.807, 2.05) is 0 Å². The molecule has 0 spiro atoms. The number of aliphatic hydroxyl groups excluding tert-OH is 1. The van der Waals surface area contributed by atoms with Crippen LogP contribution in [0.1, 0.15) is 19.8 Å². The zero-order valence-electron chi connectivity index (χ0n) is 10.4. The van der Waals surface area contributed by atoms with Gasteiger partial charge in [0.15, 0.2) is 0 Å². The Bertz CT molecular complexity index is 365. The fraction of sp³-hybridized carbons (Fsp3) is 0.462. The molecule has 0 aliphatic heterocycles. The first kappa shape index (κ1) is 14.4. The molecule has 4 nitrogen and oxygen atoms in total. The second-order valence-corrected chi connectivity index (χ2v) is 4.04. The second-order valence-electron chi connectivity index (χ2n) is 4.04. The van der Waals surface area contributed by atoms with Gasteiger partial charge in [0, 0.05) is 6.54 Å². The molecule has 1 unspecified atom stereocenters. The maximum absolute atomic E-state index is 12.6. The van der Waals surface area contributed by atoms with E-state index in [0.29, 0.717) is 18.7 Å². The molecule has 0 bridgehead atoms. The Morgan fingerprint density at radius 2 is 2.11 bits per heavy atom. The smallest absolute Gasteiger partial charge is 0.223 e. The lowest BCUT2D eigenvalue weighted by Crippen LogP contribution is -2.27. The summed E-state index contributed by atoms with van der Waals surface area (Å²) in [5, 5.41) is 11.7. The van der Waals surface area contributed by atoms with E-state index in [4.69, 9.17) is 9.84 Å². The normalized spacial score (nSPS) is 11.9. The first-order chi connectivity index (χ1) is 8.58. The van der Waals surface area contributed by atoms with E-state index in [1.165, 1.54) is 24.3 Å². The van der Waals surface area contributed by atoms with Crippen LogP contribution in [0.2, 0.25) is 0 Å². The highest BCUT2D eigenvalue weighted by atomic mass is 19.1. The standard InChI is InChI=1S/C13H18FNO3/c1-10(16)6-8-15-13(17)7-9-18-12-4-2-11(14)3-5-12/h2-5,10,16H,6-9H2,1H3,(H,15,17). The summed E-state index contributed by atoms with van der Waals surface area (Å²) in [6.45, 7) is 2.36. The van der Waals surface area contributed by atoms with Gasteiger partial charge in [-0.05, 0) is 37.6 Å². The zero-order valence-corrected chi connectivity index (χ0v) is 10.4. The van der Waals surface area contributed by atoms with Crippen molar-refractivity contribution in [2.24, 2.45) is 0 Å². The fourth-order valence-corrected chi connectivity index (χ4v) is 1.30. The highest BCUT2D eigenvalue weighted by Gasteiger charge is 2.02. The summed E-state index contributed by atoms with van der Waals surface area (Å²) in [5.41, 5.74) is 0. The molecule has 0 aliphatic carbocycles. The summed E-state index contributed by atoms with van der Waals surface area (Å²) in [4.78, 5) is 11.3. The van der Waals surface area contributed by atoms with Gasteiger partial charge in [0.2, 0.25) is 5.91 Å². The first-order valence-corrected chi connectivity index (χ1v) is 5.91. The summed E-state index contributed by atoms with van der Waals surface area (Å²) in [5.74, 6) is 0.0872. The summed E-state index contributed by atoms with van der Waals surface area (Å²) in [7, 11) is 0. The summed E-state index contributed by atoms with van der Waals surface area (Å²) in [6.07, 6.45) is 0.350. The van der Waals surface area contributed by atoms with Gasteiger partial charge in [-0.25, -0.2) is 4.39 Å². The lowest BCUT2D eigenvalue weighted by atomic mass is 10.3. The largest absolute Gasteiger partial charge is 0.493 e. The van der Waals surface area contributed by atoms with Gasteiger partial charge in [-0.15, -0.1) is 0 Å². The molecule has 18 heavy (non-hydrogen) atoms. The average molecular weight is 255 g/mol. The van der Waals surface area contributed by atoms with Crippen LogP contribution in [-0.2, 0) is 4.79 Å². The molecule has 1 atom stereocenters. The van der Waals surface area contributed by atoms with E-state index in [9.17, 15) is 9.18 Å². The average Bonchev–Trinajstić information content (AvgIpc) is 2.31. The van der Waals surface area contributed by atoms with Crippen molar-refractivity contribution < 1.29 is 19.0 Å². The van der Waals surface area contributed by atoms with Gasteiger partial charge < -0.3 is 15.2 Å². The molecule has 1 rings (SSSR count). The van der Waals surface area contributed by atoms with Crippen molar-refractivity contribution in [2.45, 2.75) is 25.9 Å². The van der Waals surface area contributed by atoms with Crippen molar-refractivity contribution >= 4 is 5.91 Å². The van der Waals surface area contributed by atoms with Crippen LogP contribution in [0.15, 0.2) is 24.3 Å². The molecule has 0 saturated carbocycles. The topological polar surface area (TPSA) is 58.6 Å². The van der Waals surface area contributed by atoms with Gasteiger partial charge in [-0.3, -0.25) is 4.79 Å². The maximum Gasteiger partial charge on any atom is 0.223 e. The molecule has 5 heteroatoms. The van der Waals surface area contributed by atoms with Crippen LogP contribution >= 0.6 is 0 Å². The van der Waals surface area contributed by atoms with Crippen molar-refractivity contribution in [3.63, 3.8) is 0 Å². The molecule has 0 radical (unpaired) electrons. The van der Waals surface area contributed by atoms with Crippen LogP contribution in [0.25, 0.3) is 0 Å². The number of hydrogen-bond acceptors (Lipinski definition) is 3. The lowest BCUT2D eigenvalue weighted by molar-refractivity contribution is -0.121. The monoisotopic (exact) mass is 255 g/mol. The number of hydrogen-bond donors (Lipinski definition) is 2. The SMILES string of the molecule is CC(O)CCNC(=O)CCOc1ccc(F)cc1. The number of benzene rings is 1. The summed E-state index contributed by atoms with van der Waals surface area (Å²) < 4.78 is 17.9. The number of carbonyl (C=O) groups is 1. The van der Waals surface area contributed by atoms with E-state index in [-0.39, 0.29) is 24.8 Å².